The van der Waals surface area contributed by atoms with Gasteiger partial charge in [-0.15, -0.1) is 0 Å². The molecular weight excluding hydrogens is 426 g/mol. The number of carbonyl (C=O) groups is 1. The molecule has 4 rings (SSSR count). The molecule has 33 heavy (non-hydrogen) atoms. The average molecular weight is 451 g/mol. The van der Waals surface area contributed by atoms with Crippen molar-refractivity contribution in [2.24, 2.45) is 0 Å². The summed E-state index contributed by atoms with van der Waals surface area (Å²) in [6.45, 7) is 0. The zero-order chi connectivity index (χ0) is 23.4. The number of alkyl carbamates (subject to hydrolysis) is 1. The highest BCUT2D eigenvalue weighted by molar-refractivity contribution is 5.93. The number of non-ortho nitro benzene ring substituents is 1. The van der Waals surface area contributed by atoms with E-state index in [2.05, 4.69) is 10.3 Å². The van der Waals surface area contributed by atoms with Gasteiger partial charge in [0.05, 0.1) is 23.5 Å². The number of hydrogen-bond donors (Lipinski definition) is 2. The number of hydrogen-bond acceptors (Lipinski definition) is 7. The zero-order valence-corrected chi connectivity index (χ0v) is 18.2. The minimum Gasteiger partial charge on any atom is -0.505 e. The van der Waals surface area contributed by atoms with Crippen LogP contribution < -0.4 is 10.1 Å². The van der Waals surface area contributed by atoms with Crippen LogP contribution in [0.25, 0.3) is 10.9 Å². The lowest BCUT2D eigenvalue weighted by molar-refractivity contribution is -0.383. The van der Waals surface area contributed by atoms with Crippen LogP contribution in [0, 0.1) is 10.1 Å². The van der Waals surface area contributed by atoms with Crippen LogP contribution in [-0.4, -0.2) is 34.3 Å². The molecule has 0 spiro atoms. The van der Waals surface area contributed by atoms with Crippen molar-refractivity contribution in [3.8, 4) is 11.5 Å². The summed E-state index contributed by atoms with van der Waals surface area (Å²) in [6.07, 6.45) is 5.36. The Labute approximate surface area is 190 Å². The van der Waals surface area contributed by atoms with Crippen LogP contribution in [-0.2, 0) is 4.74 Å². The number of amides is 1. The number of nitrogens with one attached hydrogen (secondary N) is 1. The van der Waals surface area contributed by atoms with Crippen LogP contribution in [0.4, 0.5) is 10.5 Å². The Morgan fingerprint density at radius 3 is 2.61 bits per heavy atom. The van der Waals surface area contributed by atoms with Crippen molar-refractivity contribution >= 4 is 22.7 Å². The molecule has 2 aromatic carbocycles. The maximum absolute atomic E-state index is 12.8. The highest BCUT2D eigenvalue weighted by Crippen LogP contribution is 2.39. The lowest BCUT2D eigenvalue weighted by Gasteiger charge is -2.25. The number of methoxy groups -OCH3 is 1. The van der Waals surface area contributed by atoms with Gasteiger partial charge in [0.15, 0.2) is 0 Å². The molecule has 1 aliphatic rings. The fourth-order valence-electron chi connectivity index (χ4n) is 4.23. The summed E-state index contributed by atoms with van der Waals surface area (Å²) in [7, 11) is 1.54. The molecule has 1 aromatic heterocycles. The molecule has 1 heterocycles. The van der Waals surface area contributed by atoms with Gasteiger partial charge in [0.1, 0.15) is 23.1 Å². The second kappa shape index (κ2) is 9.72. The molecule has 1 fully saturated rings. The number of rotatable bonds is 6. The number of phenols is 1. The number of phenolic OH excluding ortho intramolecular Hbond substituents is 1. The van der Waals surface area contributed by atoms with Crippen molar-refractivity contribution in [1.29, 1.82) is 0 Å². The van der Waals surface area contributed by atoms with Crippen LogP contribution in [0.3, 0.4) is 0 Å². The Hall–Kier alpha value is -3.88. The molecule has 3 aromatic rings. The topological polar surface area (TPSA) is 124 Å². The quantitative estimate of drug-likeness (QED) is 0.399. The molecule has 172 valence electrons. The summed E-state index contributed by atoms with van der Waals surface area (Å²) in [4.78, 5) is 28.2. The molecule has 0 saturated heterocycles. The van der Waals surface area contributed by atoms with Gasteiger partial charge < -0.3 is 19.9 Å². The van der Waals surface area contributed by atoms with E-state index < -0.39 is 17.1 Å². The third-order valence-electron chi connectivity index (χ3n) is 5.92. The van der Waals surface area contributed by atoms with Gasteiger partial charge in [-0.05, 0) is 55.5 Å². The van der Waals surface area contributed by atoms with Gasteiger partial charge in [-0.2, -0.15) is 0 Å². The average Bonchev–Trinajstić information content (AvgIpc) is 2.84. The van der Waals surface area contributed by atoms with Crippen LogP contribution in [0.1, 0.15) is 49.3 Å². The third kappa shape index (κ3) is 4.82. The molecule has 9 heteroatoms. The highest BCUT2D eigenvalue weighted by atomic mass is 16.6. The number of pyridine rings is 1. The SMILES string of the molecule is COc1ccc(C(NC(=O)OC2CCCCC2)c2cc([N+](=O)[O-])c3cccnc3c2O)cc1. The Morgan fingerprint density at radius 1 is 1.21 bits per heavy atom. The summed E-state index contributed by atoms with van der Waals surface area (Å²) in [6, 6.07) is 10.3. The minimum absolute atomic E-state index is 0.0858. The zero-order valence-electron chi connectivity index (χ0n) is 18.2. The Balaban J connectivity index is 1.76. The number of nitro benzene ring substituents is 1. The number of aromatic nitrogens is 1. The van der Waals surface area contributed by atoms with Crippen molar-refractivity contribution in [2.75, 3.05) is 7.11 Å². The number of carbonyl (C=O) groups excluding carboxylic acids is 1. The molecule has 9 nitrogen and oxygen atoms in total. The summed E-state index contributed by atoms with van der Waals surface area (Å²) in [5.41, 5.74) is 0.615. The van der Waals surface area contributed by atoms with Crippen LogP contribution in [0.2, 0.25) is 0 Å². The molecule has 0 aliphatic heterocycles. The Kier molecular flexibility index (Phi) is 6.58. The maximum atomic E-state index is 12.8. The Morgan fingerprint density at radius 2 is 1.94 bits per heavy atom. The standard InChI is InChI=1S/C24H25N3O6/c1-32-16-11-9-15(10-12-16)21(26-24(29)33-17-6-3-2-4-7-17)19-14-20(27(30)31)18-8-5-13-25-22(18)23(19)28/h5,8-14,17,21,28H,2-4,6-7H2,1H3,(H,26,29). The van der Waals surface area contributed by atoms with Gasteiger partial charge in [-0.25, -0.2) is 4.79 Å². The van der Waals surface area contributed by atoms with Crippen molar-refractivity contribution < 1.29 is 24.3 Å². The monoisotopic (exact) mass is 451 g/mol. The summed E-state index contributed by atoms with van der Waals surface area (Å²) in [5.74, 6) is 0.368. The van der Waals surface area contributed by atoms with Gasteiger partial charge in [-0.1, -0.05) is 18.6 Å². The first-order valence-corrected chi connectivity index (χ1v) is 10.8. The normalized spacial score (nSPS) is 15.1. The fraction of sp³-hybridized carbons (Fsp3) is 0.333. The van der Waals surface area contributed by atoms with Crippen LogP contribution in [0.15, 0.2) is 48.7 Å². The van der Waals surface area contributed by atoms with E-state index >= 15 is 0 Å². The molecule has 0 bridgehead atoms. The van der Waals surface area contributed by atoms with E-state index in [1.165, 1.54) is 25.4 Å². The van der Waals surface area contributed by atoms with Gasteiger partial charge in [0.2, 0.25) is 0 Å². The van der Waals surface area contributed by atoms with Crippen LogP contribution in [0.5, 0.6) is 11.5 Å². The lowest BCUT2D eigenvalue weighted by atomic mass is 9.95. The number of ether oxygens (including phenoxy) is 2. The van der Waals surface area contributed by atoms with E-state index in [0.717, 1.165) is 32.1 Å². The van der Waals surface area contributed by atoms with E-state index in [1.54, 1.807) is 30.3 Å². The lowest BCUT2D eigenvalue weighted by Crippen LogP contribution is -2.33. The van der Waals surface area contributed by atoms with Gasteiger partial charge in [0.25, 0.3) is 5.69 Å². The van der Waals surface area contributed by atoms with E-state index in [1.807, 2.05) is 0 Å². The van der Waals surface area contributed by atoms with Crippen molar-refractivity contribution in [3.05, 3.63) is 69.9 Å². The molecule has 1 amide bonds. The van der Waals surface area contributed by atoms with Gasteiger partial charge >= 0.3 is 6.09 Å². The van der Waals surface area contributed by atoms with Crippen molar-refractivity contribution in [1.82, 2.24) is 10.3 Å². The molecule has 0 radical (unpaired) electrons. The van der Waals surface area contributed by atoms with Gasteiger partial charge in [-0.3, -0.25) is 15.1 Å². The first-order chi connectivity index (χ1) is 16.0. The van der Waals surface area contributed by atoms with E-state index in [9.17, 15) is 20.0 Å². The molecule has 2 N–H and O–H groups in total. The number of benzene rings is 2. The van der Waals surface area contributed by atoms with Crippen molar-refractivity contribution in [3.63, 3.8) is 0 Å². The molecule has 1 saturated carbocycles. The number of nitrogens with zero attached hydrogens (tertiary/aromatic N) is 2. The fourth-order valence-corrected chi connectivity index (χ4v) is 4.23. The van der Waals surface area contributed by atoms with Gasteiger partial charge in [0, 0.05) is 17.8 Å². The summed E-state index contributed by atoms with van der Waals surface area (Å²) >= 11 is 0. The van der Waals surface area contributed by atoms with E-state index in [4.69, 9.17) is 9.47 Å². The smallest absolute Gasteiger partial charge is 0.408 e. The number of nitro groups is 1. The maximum Gasteiger partial charge on any atom is 0.408 e. The number of aromatic hydroxyl groups is 1. The van der Waals surface area contributed by atoms with Crippen LogP contribution >= 0.6 is 0 Å². The van der Waals surface area contributed by atoms with E-state index in [-0.39, 0.29) is 34.0 Å². The molecule has 1 atom stereocenters. The third-order valence-corrected chi connectivity index (χ3v) is 5.92. The minimum atomic E-state index is -0.905. The summed E-state index contributed by atoms with van der Waals surface area (Å²) < 4.78 is 10.8. The summed E-state index contributed by atoms with van der Waals surface area (Å²) in [5, 5.41) is 25.8. The largest absolute Gasteiger partial charge is 0.505 e. The predicted octanol–water partition coefficient (Wildman–Crippen LogP) is 5.01. The molecule has 1 aliphatic carbocycles. The van der Waals surface area contributed by atoms with Crippen molar-refractivity contribution in [2.45, 2.75) is 44.2 Å². The first kappa shape index (κ1) is 22.3. The second-order valence-corrected chi connectivity index (χ2v) is 8.01. The predicted molar refractivity (Wildman–Crippen MR) is 121 cm³/mol. The van der Waals surface area contributed by atoms with E-state index in [0.29, 0.717) is 11.3 Å². The number of fused-ring (bicyclic) bond motifs is 1. The highest BCUT2D eigenvalue weighted by Gasteiger charge is 2.28. The first-order valence-electron chi connectivity index (χ1n) is 10.8. The molecular formula is C24H25N3O6. The Bertz CT molecular complexity index is 1160. The molecule has 1 unspecified atom stereocenters. The second-order valence-electron chi connectivity index (χ2n) is 8.01.